The summed E-state index contributed by atoms with van der Waals surface area (Å²) in [4.78, 5) is 14.6. The van der Waals surface area contributed by atoms with Crippen LogP contribution >= 0.6 is 0 Å². The van der Waals surface area contributed by atoms with E-state index in [2.05, 4.69) is 18.1 Å². The van der Waals surface area contributed by atoms with Crippen molar-refractivity contribution in [2.45, 2.75) is 44.7 Å². The second kappa shape index (κ2) is 5.00. The van der Waals surface area contributed by atoms with Crippen molar-refractivity contribution in [2.75, 3.05) is 0 Å². The van der Waals surface area contributed by atoms with Crippen LogP contribution in [0.1, 0.15) is 54.0 Å². The summed E-state index contributed by atoms with van der Waals surface area (Å²) >= 11 is 0. The van der Waals surface area contributed by atoms with Crippen molar-refractivity contribution in [3.05, 3.63) is 41.6 Å². The average molecular weight is 299 g/mol. The molecule has 2 aliphatic carbocycles. The number of carbonyl (C=O) groups is 1. The molecule has 0 radical (unpaired) electrons. The highest BCUT2D eigenvalue weighted by molar-refractivity contribution is 5.94. The van der Waals surface area contributed by atoms with Gasteiger partial charge in [0.05, 0.1) is 18.3 Å². The summed E-state index contributed by atoms with van der Waals surface area (Å²) in [5.74, 6) is 3.33. The van der Waals surface area contributed by atoms with Crippen molar-refractivity contribution < 1.29 is 9.21 Å². The van der Waals surface area contributed by atoms with Crippen LogP contribution in [-0.2, 0) is 13.6 Å². The molecule has 5 nitrogen and oxygen atoms in total. The Hall–Kier alpha value is -2.04. The fraction of sp³-hybridized carbons (Fsp3) is 0.529. The number of hydrogen-bond acceptors (Lipinski definition) is 3. The third kappa shape index (κ3) is 2.56. The van der Waals surface area contributed by atoms with E-state index in [0.29, 0.717) is 24.1 Å². The molecule has 0 N–H and O–H groups in total. The summed E-state index contributed by atoms with van der Waals surface area (Å²) in [7, 11) is 1.83. The van der Waals surface area contributed by atoms with Crippen LogP contribution in [0.4, 0.5) is 0 Å². The quantitative estimate of drug-likeness (QED) is 0.853. The predicted molar refractivity (Wildman–Crippen MR) is 81.3 cm³/mol. The highest BCUT2D eigenvalue weighted by Gasteiger charge is 2.37. The molecule has 116 valence electrons. The number of furan rings is 1. The molecule has 5 heteroatoms. The van der Waals surface area contributed by atoms with Crippen LogP contribution < -0.4 is 0 Å². The first kappa shape index (κ1) is 13.6. The lowest BCUT2D eigenvalue weighted by atomic mass is 10.2. The van der Waals surface area contributed by atoms with Gasteiger partial charge in [0.25, 0.3) is 5.91 Å². The largest absolute Gasteiger partial charge is 0.464 e. The average Bonchev–Trinajstić information content (AvgIpc) is 3.37. The maximum absolute atomic E-state index is 12.7. The van der Waals surface area contributed by atoms with E-state index in [9.17, 15) is 4.79 Å². The Bertz CT molecular complexity index is 698. The summed E-state index contributed by atoms with van der Waals surface area (Å²) < 4.78 is 7.63. The topological polar surface area (TPSA) is 51.3 Å². The van der Waals surface area contributed by atoms with Crippen LogP contribution in [0.25, 0.3) is 0 Å². The van der Waals surface area contributed by atoms with Gasteiger partial charge < -0.3 is 9.32 Å². The van der Waals surface area contributed by atoms with Crippen LogP contribution in [0.5, 0.6) is 0 Å². The number of carbonyl (C=O) groups excluding carboxylic acids is 1. The second-order valence-electron chi connectivity index (χ2n) is 6.69. The van der Waals surface area contributed by atoms with E-state index in [1.54, 1.807) is 17.1 Å². The minimum Gasteiger partial charge on any atom is -0.464 e. The molecule has 0 unspecified atom stereocenters. The van der Waals surface area contributed by atoms with Gasteiger partial charge >= 0.3 is 0 Å². The minimum absolute atomic E-state index is 0.0494. The summed E-state index contributed by atoms with van der Waals surface area (Å²) in [5, 5.41) is 4.10. The lowest BCUT2D eigenvalue weighted by Crippen LogP contribution is -2.32. The molecule has 2 saturated carbocycles. The highest BCUT2D eigenvalue weighted by Crippen LogP contribution is 2.47. The summed E-state index contributed by atoms with van der Waals surface area (Å²) in [5.41, 5.74) is 0.650. The third-order valence-corrected chi connectivity index (χ3v) is 4.68. The first-order chi connectivity index (χ1) is 10.6. The van der Waals surface area contributed by atoms with Gasteiger partial charge in [0.1, 0.15) is 11.5 Å². The summed E-state index contributed by atoms with van der Waals surface area (Å²) in [6.45, 7) is 2.80. The maximum atomic E-state index is 12.7. The standard InChI is InChI=1S/C17H21N3O2/c1-11-7-15(11)16-6-5-14(22-16)10-20(13-3-4-13)17(21)12-8-18-19(2)9-12/h5-6,8-9,11,13,15H,3-4,7,10H2,1-2H3/t11-,15+/m0/s1. The van der Waals surface area contributed by atoms with Gasteiger partial charge in [-0.05, 0) is 37.3 Å². The number of aryl methyl sites for hydroxylation is 1. The number of nitrogens with zero attached hydrogens (tertiary/aromatic N) is 3. The van der Waals surface area contributed by atoms with E-state index in [4.69, 9.17) is 4.42 Å². The van der Waals surface area contributed by atoms with Crippen LogP contribution in [-0.4, -0.2) is 26.6 Å². The number of rotatable bonds is 5. The van der Waals surface area contributed by atoms with Gasteiger partial charge in [-0.3, -0.25) is 9.48 Å². The second-order valence-corrected chi connectivity index (χ2v) is 6.69. The van der Waals surface area contributed by atoms with E-state index in [0.717, 1.165) is 30.3 Å². The fourth-order valence-corrected chi connectivity index (χ4v) is 3.02. The molecule has 1 amide bonds. The molecule has 0 saturated heterocycles. The molecule has 22 heavy (non-hydrogen) atoms. The van der Waals surface area contributed by atoms with Crippen LogP contribution in [0.15, 0.2) is 28.9 Å². The van der Waals surface area contributed by atoms with Gasteiger partial charge in [0, 0.05) is 25.2 Å². The Balaban J connectivity index is 1.50. The van der Waals surface area contributed by atoms with Crippen LogP contribution in [0.3, 0.4) is 0 Å². The van der Waals surface area contributed by atoms with Gasteiger partial charge in [-0.25, -0.2) is 0 Å². The van der Waals surface area contributed by atoms with Crippen molar-refractivity contribution in [3.8, 4) is 0 Å². The van der Waals surface area contributed by atoms with Crippen LogP contribution in [0.2, 0.25) is 0 Å². The highest BCUT2D eigenvalue weighted by atomic mass is 16.3. The van der Waals surface area contributed by atoms with E-state index in [1.165, 1.54) is 6.42 Å². The fourth-order valence-electron chi connectivity index (χ4n) is 3.02. The molecule has 2 fully saturated rings. The van der Waals surface area contributed by atoms with Crippen molar-refractivity contribution in [1.82, 2.24) is 14.7 Å². The zero-order chi connectivity index (χ0) is 15.3. The molecule has 2 aromatic heterocycles. The molecule has 0 bridgehead atoms. The van der Waals surface area contributed by atoms with E-state index < -0.39 is 0 Å². The minimum atomic E-state index is 0.0494. The Morgan fingerprint density at radius 1 is 1.45 bits per heavy atom. The first-order valence-corrected chi connectivity index (χ1v) is 8.00. The smallest absolute Gasteiger partial charge is 0.257 e. The lowest BCUT2D eigenvalue weighted by Gasteiger charge is -2.20. The molecule has 2 aliphatic rings. The van der Waals surface area contributed by atoms with Gasteiger partial charge in [0.2, 0.25) is 0 Å². The monoisotopic (exact) mass is 299 g/mol. The zero-order valence-corrected chi connectivity index (χ0v) is 13.0. The van der Waals surface area contributed by atoms with Crippen molar-refractivity contribution in [3.63, 3.8) is 0 Å². The lowest BCUT2D eigenvalue weighted by molar-refractivity contribution is 0.0716. The number of amides is 1. The summed E-state index contributed by atoms with van der Waals surface area (Å²) in [6.07, 6.45) is 6.79. The molecular formula is C17H21N3O2. The molecule has 4 rings (SSSR count). The molecule has 0 spiro atoms. The zero-order valence-electron chi connectivity index (χ0n) is 13.0. The third-order valence-electron chi connectivity index (χ3n) is 4.68. The first-order valence-electron chi connectivity index (χ1n) is 8.00. The van der Waals surface area contributed by atoms with E-state index in [1.807, 2.05) is 18.0 Å². The molecule has 2 aromatic rings. The molecular weight excluding hydrogens is 278 g/mol. The van der Waals surface area contributed by atoms with Crippen molar-refractivity contribution >= 4 is 5.91 Å². The summed E-state index contributed by atoms with van der Waals surface area (Å²) in [6, 6.07) is 4.44. The van der Waals surface area contributed by atoms with Gasteiger partial charge in [-0.2, -0.15) is 5.10 Å². The van der Waals surface area contributed by atoms with Gasteiger partial charge in [-0.15, -0.1) is 0 Å². The normalized spacial score (nSPS) is 23.5. The van der Waals surface area contributed by atoms with Crippen LogP contribution in [0, 0.1) is 5.92 Å². The number of aromatic nitrogens is 2. The van der Waals surface area contributed by atoms with E-state index in [-0.39, 0.29) is 5.91 Å². The Morgan fingerprint density at radius 2 is 2.23 bits per heavy atom. The van der Waals surface area contributed by atoms with Crippen molar-refractivity contribution in [2.24, 2.45) is 13.0 Å². The Labute approximate surface area is 129 Å². The molecule has 2 heterocycles. The van der Waals surface area contributed by atoms with Gasteiger partial charge in [0.15, 0.2) is 0 Å². The van der Waals surface area contributed by atoms with E-state index >= 15 is 0 Å². The predicted octanol–water partition coefficient (Wildman–Crippen LogP) is 2.94. The SMILES string of the molecule is C[C@H]1C[C@H]1c1ccc(CN(C(=O)c2cnn(C)c2)C2CC2)o1. The molecule has 2 atom stereocenters. The Kier molecular flexibility index (Phi) is 3.10. The molecule has 0 aliphatic heterocycles. The number of hydrogen-bond donors (Lipinski definition) is 0. The maximum Gasteiger partial charge on any atom is 0.257 e. The van der Waals surface area contributed by atoms with Crippen molar-refractivity contribution in [1.29, 1.82) is 0 Å². The van der Waals surface area contributed by atoms with Gasteiger partial charge in [-0.1, -0.05) is 6.92 Å². The Morgan fingerprint density at radius 3 is 2.82 bits per heavy atom. The molecule has 0 aromatic carbocycles.